The van der Waals surface area contributed by atoms with E-state index in [9.17, 15) is 18.8 Å². The molecule has 1 aromatic rings. The Morgan fingerprint density at radius 2 is 1.83 bits per heavy atom. The van der Waals surface area contributed by atoms with Crippen molar-refractivity contribution in [1.82, 2.24) is 10.6 Å². The molecule has 0 aliphatic heterocycles. The Labute approximate surface area is 139 Å². The number of hydrogen-bond donors (Lipinski definition) is 2. The van der Waals surface area contributed by atoms with Gasteiger partial charge in [-0.3, -0.25) is 9.59 Å². The molecule has 1 aromatic carbocycles. The Morgan fingerprint density at radius 1 is 1.21 bits per heavy atom. The first kappa shape index (κ1) is 19.2. The lowest BCUT2D eigenvalue weighted by Crippen LogP contribution is -2.52. The van der Waals surface area contributed by atoms with Crippen molar-refractivity contribution < 1.29 is 23.5 Å². The van der Waals surface area contributed by atoms with E-state index in [0.29, 0.717) is 5.56 Å². The lowest BCUT2D eigenvalue weighted by atomic mass is 10.0. The van der Waals surface area contributed by atoms with E-state index in [-0.39, 0.29) is 12.8 Å². The second-order valence-electron chi connectivity index (χ2n) is 5.08. The minimum absolute atomic E-state index is 0.0399. The Balaban J connectivity index is 2.87. The molecule has 7 heteroatoms. The van der Waals surface area contributed by atoms with Crippen LogP contribution < -0.4 is 10.6 Å². The van der Waals surface area contributed by atoms with E-state index < -0.39 is 35.7 Å². The molecule has 2 amide bonds. The van der Waals surface area contributed by atoms with E-state index in [4.69, 9.17) is 6.42 Å². The highest BCUT2D eigenvalue weighted by atomic mass is 19.1. The van der Waals surface area contributed by atoms with E-state index >= 15 is 0 Å². The average molecular weight is 334 g/mol. The van der Waals surface area contributed by atoms with Gasteiger partial charge in [-0.15, -0.1) is 12.3 Å². The van der Waals surface area contributed by atoms with Crippen LogP contribution in [0.4, 0.5) is 4.39 Å². The number of carbonyl (C=O) groups is 3. The fourth-order valence-corrected chi connectivity index (χ4v) is 2.04. The predicted octanol–water partition coefficient (Wildman–Crippen LogP) is 0.554. The molecule has 0 aliphatic carbocycles. The van der Waals surface area contributed by atoms with Crippen LogP contribution in [0.15, 0.2) is 24.3 Å². The number of ether oxygens (including phenoxy) is 1. The zero-order valence-electron chi connectivity index (χ0n) is 13.5. The molecule has 6 nitrogen and oxygen atoms in total. The summed E-state index contributed by atoms with van der Waals surface area (Å²) in [5, 5.41) is 4.96. The lowest BCUT2D eigenvalue weighted by molar-refractivity contribution is -0.145. The van der Waals surface area contributed by atoms with Crippen molar-refractivity contribution in [3.05, 3.63) is 35.6 Å². The molecule has 0 radical (unpaired) electrons. The van der Waals surface area contributed by atoms with E-state index in [2.05, 4.69) is 21.3 Å². The summed E-state index contributed by atoms with van der Waals surface area (Å²) in [6, 6.07) is 3.60. The SMILES string of the molecule is C#CC[C@H](NC(=O)[C@@H](Cc1ccc(F)cc1)NC(C)=O)C(=O)OC. The molecule has 0 aliphatic rings. The van der Waals surface area contributed by atoms with Crippen molar-refractivity contribution in [2.45, 2.75) is 31.8 Å². The number of carbonyl (C=O) groups excluding carboxylic acids is 3. The van der Waals surface area contributed by atoms with Gasteiger partial charge < -0.3 is 15.4 Å². The first-order valence-electron chi connectivity index (χ1n) is 7.20. The molecule has 2 N–H and O–H groups in total. The molecule has 1 rings (SSSR count). The van der Waals surface area contributed by atoms with Gasteiger partial charge in [0.2, 0.25) is 11.8 Å². The average Bonchev–Trinajstić information content (AvgIpc) is 2.54. The number of terminal acetylenes is 1. The van der Waals surface area contributed by atoms with Crippen LogP contribution in [0.3, 0.4) is 0 Å². The highest BCUT2D eigenvalue weighted by Crippen LogP contribution is 2.07. The predicted molar refractivity (Wildman–Crippen MR) is 85.1 cm³/mol. The molecular formula is C17H19FN2O4. The van der Waals surface area contributed by atoms with E-state index in [1.807, 2.05) is 0 Å². The van der Waals surface area contributed by atoms with Crippen molar-refractivity contribution in [3.63, 3.8) is 0 Å². The van der Waals surface area contributed by atoms with E-state index in [1.54, 1.807) is 0 Å². The van der Waals surface area contributed by atoms with Crippen LogP contribution in [-0.4, -0.2) is 37.0 Å². The minimum Gasteiger partial charge on any atom is -0.467 e. The fourth-order valence-electron chi connectivity index (χ4n) is 2.04. The molecule has 0 saturated carbocycles. The van der Waals surface area contributed by atoms with Gasteiger partial charge in [0.1, 0.15) is 17.9 Å². The van der Waals surface area contributed by atoms with Crippen LogP contribution in [-0.2, 0) is 25.5 Å². The third-order valence-corrected chi connectivity index (χ3v) is 3.17. The number of methoxy groups -OCH3 is 1. The summed E-state index contributed by atoms with van der Waals surface area (Å²) >= 11 is 0. The number of hydrogen-bond acceptors (Lipinski definition) is 4. The largest absolute Gasteiger partial charge is 0.467 e. The number of nitrogens with one attached hydrogen (secondary N) is 2. The third kappa shape index (κ3) is 6.08. The molecule has 0 unspecified atom stereocenters. The van der Waals surface area contributed by atoms with E-state index in [0.717, 1.165) is 0 Å². The zero-order chi connectivity index (χ0) is 18.1. The molecule has 0 aromatic heterocycles. The van der Waals surface area contributed by atoms with E-state index in [1.165, 1.54) is 38.3 Å². The molecule has 0 fully saturated rings. The zero-order valence-corrected chi connectivity index (χ0v) is 13.5. The molecule has 0 saturated heterocycles. The molecule has 0 spiro atoms. The quantitative estimate of drug-likeness (QED) is 0.563. The van der Waals surface area contributed by atoms with Gasteiger partial charge in [-0.05, 0) is 17.7 Å². The summed E-state index contributed by atoms with van der Waals surface area (Å²) in [6.07, 6.45) is 5.27. The maximum atomic E-state index is 13.0. The van der Waals surface area contributed by atoms with Gasteiger partial charge in [-0.25, -0.2) is 9.18 Å². The van der Waals surface area contributed by atoms with Gasteiger partial charge in [0.05, 0.1) is 7.11 Å². The molecular weight excluding hydrogens is 315 g/mol. The van der Waals surface area contributed by atoms with Crippen LogP contribution in [0.25, 0.3) is 0 Å². The number of halogens is 1. The normalized spacial score (nSPS) is 12.4. The van der Waals surface area contributed by atoms with Crippen molar-refractivity contribution in [3.8, 4) is 12.3 Å². The summed E-state index contributed by atoms with van der Waals surface area (Å²) in [4.78, 5) is 35.3. The van der Waals surface area contributed by atoms with Gasteiger partial charge in [0.15, 0.2) is 0 Å². The fraction of sp³-hybridized carbons (Fsp3) is 0.353. The molecule has 0 bridgehead atoms. The van der Waals surface area contributed by atoms with Crippen LogP contribution in [0.5, 0.6) is 0 Å². The maximum absolute atomic E-state index is 13.0. The van der Waals surface area contributed by atoms with Crippen LogP contribution in [0.1, 0.15) is 18.9 Å². The second kappa shape index (κ2) is 9.30. The van der Waals surface area contributed by atoms with Crippen LogP contribution in [0.2, 0.25) is 0 Å². The third-order valence-electron chi connectivity index (χ3n) is 3.17. The highest BCUT2D eigenvalue weighted by Gasteiger charge is 2.26. The van der Waals surface area contributed by atoms with Crippen molar-refractivity contribution in [2.24, 2.45) is 0 Å². The van der Waals surface area contributed by atoms with Gasteiger partial charge in [-0.2, -0.15) is 0 Å². The minimum atomic E-state index is -1.00. The number of rotatable bonds is 7. The summed E-state index contributed by atoms with van der Waals surface area (Å²) in [5.41, 5.74) is 0.650. The van der Waals surface area contributed by atoms with Crippen molar-refractivity contribution in [2.75, 3.05) is 7.11 Å². The molecule has 2 atom stereocenters. The van der Waals surface area contributed by atoms with Gasteiger partial charge in [0.25, 0.3) is 0 Å². The standard InChI is InChI=1S/C17H19FN2O4/c1-4-5-14(17(23)24-3)20-16(22)15(19-11(2)21)10-12-6-8-13(18)9-7-12/h1,6-9,14-15H,5,10H2,2-3H3,(H,19,21)(H,20,22)/t14-,15+/m0/s1. The maximum Gasteiger partial charge on any atom is 0.329 e. The van der Waals surface area contributed by atoms with Crippen LogP contribution in [0, 0.1) is 18.2 Å². The lowest BCUT2D eigenvalue weighted by Gasteiger charge is -2.21. The van der Waals surface area contributed by atoms with Gasteiger partial charge in [0, 0.05) is 19.8 Å². The Morgan fingerprint density at radius 3 is 2.33 bits per heavy atom. The Kier molecular flexibility index (Phi) is 7.43. The topological polar surface area (TPSA) is 84.5 Å². The Hall–Kier alpha value is -2.88. The number of esters is 1. The summed E-state index contributed by atoms with van der Waals surface area (Å²) in [5.74, 6) is 0.203. The molecule has 24 heavy (non-hydrogen) atoms. The first-order valence-corrected chi connectivity index (χ1v) is 7.20. The number of benzene rings is 1. The summed E-state index contributed by atoms with van der Waals surface area (Å²) < 4.78 is 17.5. The van der Waals surface area contributed by atoms with Gasteiger partial charge >= 0.3 is 5.97 Å². The summed E-state index contributed by atoms with van der Waals surface area (Å²) in [7, 11) is 1.18. The molecule has 128 valence electrons. The van der Waals surface area contributed by atoms with Crippen LogP contribution >= 0.6 is 0 Å². The monoisotopic (exact) mass is 334 g/mol. The second-order valence-corrected chi connectivity index (χ2v) is 5.08. The van der Waals surface area contributed by atoms with Crippen molar-refractivity contribution in [1.29, 1.82) is 0 Å². The van der Waals surface area contributed by atoms with Crippen molar-refractivity contribution >= 4 is 17.8 Å². The summed E-state index contributed by atoms with van der Waals surface area (Å²) in [6.45, 7) is 1.27. The first-order chi connectivity index (χ1) is 11.4. The van der Waals surface area contributed by atoms with Gasteiger partial charge in [-0.1, -0.05) is 12.1 Å². The smallest absolute Gasteiger partial charge is 0.329 e. The Bertz CT molecular complexity index is 637. The molecule has 0 heterocycles. The highest BCUT2D eigenvalue weighted by molar-refractivity contribution is 5.90. The number of amides is 2.